The zero-order valence-electron chi connectivity index (χ0n) is 10.8. The van der Waals surface area contributed by atoms with E-state index in [4.69, 9.17) is 14.6 Å². The van der Waals surface area contributed by atoms with Gasteiger partial charge in [0.1, 0.15) is 0 Å². The van der Waals surface area contributed by atoms with E-state index >= 15 is 0 Å². The van der Waals surface area contributed by atoms with E-state index in [1.807, 2.05) is 0 Å². The molecule has 2 N–H and O–H groups in total. The first kappa shape index (κ1) is 15.4. The summed E-state index contributed by atoms with van der Waals surface area (Å²) < 4.78 is 23.3. The Kier molecular flexibility index (Phi) is 6.84. The SMILES string of the molecule is COCCCNC(=O)COc1ccc(CO)cc1F. The van der Waals surface area contributed by atoms with E-state index in [0.717, 1.165) is 0 Å². The summed E-state index contributed by atoms with van der Waals surface area (Å²) in [6.45, 7) is 0.569. The molecule has 0 fully saturated rings. The van der Waals surface area contributed by atoms with Crippen molar-refractivity contribution in [3.05, 3.63) is 29.6 Å². The summed E-state index contributed by atoms with van der Waals surface area (Å²) in [5.41, 5.74) is 0.453. The van der Waals surface area contributed by atoms with E-state index in [0.29, 0.717) is 25.1 Å². The van der Waals surface area contributed by atoms with E-state index in [1.165, 1.54) is 18.2 Å². The highest BCUT2D eigenvalue weighted by Crippen LogP contribution is 2.18. The molecular weight excluding hydrogens is 253 g/mol. The van der Waals surface area contributed by atoms with Crippen LogP contribution in [0.1, 0.15) is 12.0 Å². The van der Waals surface area contributed by atoms with Crippen LogP contribution in [-0.2, 0) is 16.1 Å². The van der Waals surface area contributed by atoms with Crippen LogP contribution in [0.4, 0.5) is 4.39 Å². The third kappa shape index (κ3) is 5.67. The Balaban J connectivity index is 2.33. The molecule has 0 saturated heterocycles. The molecule has 106 valence electrons. The average Bonchev–Trinajstić information content (AvgIpc) is 2.42. The van der Waals surface area contributed by atoms with Crippen LogP contribution in [0.2, 0.25) is 0 Å². The molecule has 6 heteroatoms. The number of amides is 1. The number of carbonyl (C=O) groups is 1. The fraction of sp³-hybridized carbons (Fsp3) is 0.462. The van der Waals surface area contributed by atoms with Crippen LogP contribution < -0.4 is 10.1 Å². The monoisotopic (exact) mass is 271 g/mol. The summed E-state index contributed by atoms with van der Waals surface area (Å²) in [6, 6.07) is 4.10. The fourth-order valence-electron chi connectivity index (χ4n) is 1.40. The normalized spacial score (nSPS) is 10.3. The van der Waals surface area contributed by atoms with Gasteiger partial charge in [0.25, 0.3) is 5.91 Å². The quantitative estimate of drug-likeness (QED) is 0.688. The van der Waals surface area contributed by atoms with Crippen molar-refractivity contribution >= 4 is 5.91 Å². The Morgan fingerprint density at radius 3 is 2.89 bits per heavy atom. The van der Waals surface area contributed by atoms with Gasteiger partial charge in [0, 0.05) is 20.3 Å². The first-order chi connectivity index (χ1) is 9.17. The maximum absolute atomic E-state index is 13.5. The van der Waals surface area contributed by atoms with Gasteiger partial charge >= 0.3 is 0 Å². The predicted octanol–water partition coefficient (Wildman–Crippen LogP) is 0.849. The van der Waals surface area contributed by atoms with Gasteiger partial charge in [0.05, 0.1) is 6.61 Å². The number of methoxy groups -OCH3 is 1. The standard InChI is InChI=1S/C13H18FNO4/c1-18-6-2-5-15-13(17)9-19-12-4-3-10(8-16)7-11(12)14/h3-4,7,16H,2,5-6,8-9H2,1H3,(H,15,17). The zero-order valence-corrected chi connectivity index (χ0v) is 10.8. The number of nitrogens with one attached hydrogen (secondary N) is 1. The molecule has 0 aliphatic rings. The van der Waals surface area contributed by atoms with Gasteiger partial charge in [-0.1, -0.05) is 6.07 Å². The van der Waals surface area contributed by atoms with Gasteiger partial charge in [-0.15, -0.1) is 0 Å². The summed E-state index contributed by atoms with van der Waals surface area (Å²) in [4.78, 5) is 11.4. The Morgan fingerprint density at radius 1 is 1.47 bits per heavy atom. The number of rotatable bonds is 8. The molecule has 0 bridgehead atoms. The minimum Gasteiger partial charge on any atom is -0.481 e. The van der Waals surface area contributed by atoms with Crippen LogP contribution in [-0.4, -0.2) is 37.9 Å². The molecule has 1 aromatic rings. The molecule has 0 radical (unpaired) electrons. The molecule has 0 aromatic heterocycles. The van der Waals surface area contributed by atoms with Crippen molar-refractivity contribution in [2.75, 3.05) is 26.9 Å². The lowest BCUT2D eigenvalue weighted by molar-refractivity contribution is -0.123. The van der Waals surface area contributed by atoms with E-state index in [-0.39, 0.29) is 24.9 Å². The maximum atomic E-state index is 13.5. The molecule has 19 heavy (non-hydrogen) atoms. The van der Waals surface area contributed by atoms with E-state index in [9.17, 15) is 9.18 Å². The zero-order chi connectivity index (χ0) is 14.1. The molecule has 0 saturated carbocycles. The second-order valence-electron chi connectivity index (χ2n) is 3.91. The van der Waals surface area contributed by atoms with Gasteiger partial charge in [-0.05, 0) is 24.1 Å². The largest absolute Gasteiger partial charge is 0.481 e. The Labute approximate surface area is 111 Å². The van der Waals surface area contributed by atoms with Gasteiger partial charge in [-0.25, -0.2) is 4.39 Å². The van der Waals surface area contributed by atoms with E-state index < -0.39 is 5.82 Å². The maximum Gasteiger partial charge on any atom is 0.257 e. The molecule has 0 spiro atoms. The molecule has 1 aromatic carbocycles. The van der Waals surface area contributed by atoms with Gasteiger partial charge < -0.3 is 19.9 Å². The number of benzene rings is 1. The second-order valence-corrected chi connectivity index (χ2v) is 3.91. The van der Waals surface area contributed by atoms with Crippen molar-refractivity contribution in [1.82, 2.24) is 5.32 Å². The highest BCUT2D eigenvalue weighted by molar-refractivity contribution is 5.77. The lowest BCUT2D eigenvalue weighted by Gasteiger charge is -2.08. The summed E-state index contributed by atoms with van der Waals surface area (Å²) >= 11 is 0. The summed E-state index contributed by atoms with van der Waals surface area (Å²) in [7, 11) is 1.59. The Hall–Kier alpha value is -1.66. The van der Waals surface area contributed by atoms with Crippen molar-refractivity contribution in [1.29, 1.82) is 0 Å². The summed E-state index contributed by atoms with van der Waals surface area (Å²) in [5, 5.41) is 11.5. The summed E-state index contributed by atoms with van der Waals surface area (Å²) in [6.07, 6.45) is 0.710. The molecule has 0 aliphatic carbocycles. The number of hydrogen-bond acceptors (Lipinski definition) is 4. The summed E-state index contributed by atoms with van der Waals surface area (Å²) in [5.74, 6) is -0.926. The Bertz CT molecular complexity index is 412. The highest BCUT2D eigenvalue weighted by Gasteiger charge is 2.07. The molecule has 5 nitrogen and oxygen atoms in total. The molecule has 1 rings (SSSR count). The molecule has 1 amide bonds. The van der Waals surface area contributed by atoms with E-state index in [1.54, 1.807) is 7.11 Å². The molecule has 0 heterocycles. The second kappa shape index (κ2) is 8.44. The van der Waals surface area contributed by atoms with E-state index in [2.05, 4.69) is 5.32 Å². The lowest BCUT2D eigenvalue weighted by atomic mass is 10.2. The lowest BCUT2D eigenvalue weighted by Crippen LogP contribution is -2.30. The number of aliphatic hydroxyl groups excluding tert-OH is 1. The van der Waals surface area contributed by atoms with Crippen LogP contribution >= 0.6 is 0 Å². The molecule has 0 atom stereocenters. The van der Waals surface area contributed by atoms with Gasteiger partial charge in [-0.2, -0.15) is 0 Å². The van der Waals surface area contributed by atoms with Crippen LogP contribution in [0.5, 0.6) is 5.75 Å². The average molecular weight is 271 g/mol. The topological polar surface area (TPSA) is 67.8 Å². The van der Waals surface area contributed by atoms with Gasteiger partial charge in [-0.3, -0.25) is 4.79 Å². The first-order valence-corrected chi connectivity index (χ1v) is 5.95. The minimum atomic E-state index is -0.598. The van der Waals surface area contributed by atoms with Crippen LogP contribution in [0.15, 0.2) is 18.2 Å². The number of aliphatic hydroxyl groups is 1. The third-order valence-electron chi connectivity index (χ3n) is 2.39. The minimum absolute atomic E-state index is 0.00996. The predicted molar refractivity (Wildman–Crippen MR) is 67.3 cm³/mol. The molecule has 0 aliphatic heterocycles. The Morgan fingerprint density at radius 2 is 2.26 bits per heavy atom. The number of ether oxygens (including phenoxy) is 2. The van der Waals surface area contributed by atoms with Crippen LogP contribution in [0, 0.1) is 5.82 Å². The smallest absolute Gasteiger partial charge is 0.257 e. The fourth-order valence-corrected chi connectivity index (χ4v) is 1.40. The van der Waals surface area contributed by atoms with Crippen LogP contribution in [0.3, 0.4) is 0 Å². The number of halogens is 1. The molecule has 0 unspecified atom stereocenters. The first-order valence-electron chi connectivity index (χ1n) is 5.95. The van der Waals surface area contributed by atoms with Crippen molar-refractivity contribution in [2.24, 2.45) is 0 Å². The molecular formula is C13H18FNO4. The van der Waals surface area contributed by atoms with Crippen molar-refractivity contribution < 1.29 is 23.8 Å². The van der Waals surface area contributed by atoms with Crippen LogP contribution in [0.25, 0.3) is 0 Å². The number of carbonyl (C=O) groups excluding carboxylic acids is 1. The third-order valence-corrected chi connectivity index (χ3v) is 2.39. The van der Waals surface area contributed by atoms with Crippen molar-refractivity contribution in [2.45, 2.75) is 13.0 Å². The number of hydrogen-bond donors (Lipinski definition) is 2. The highest BCUT2D eigenvalue weighted by atomic mass is 19.1. The van der Waals surface area contributed by atoms with Gasteiger partial charge in [0.2, 0.25) is 0 Å². The van der Waals surface area contributed by atoms with Crippen molar-refractivity contribution in [3.8, 4) is 5.75 Å². The van der Waals surface area contributed by atoms with Gasteiger partial charge in [0.15, 0.2) is 18.2 Å². The van der Waals surface area contributed by atoms with Crippen molar-refractivity contribution in [3.63, 3.8) is 0 Å².